The fourth-order valence-corrected chi connectivity index (χ4v) is 3.87. The van der Waals surface area contributed by atoms with Gasteiger partial charge in [-0.2, -0.15) is 0 Å². The van der Waals surface area contributed by atoms with E-state index in [4.69, 9.17) is 23.2 Å². The van der Waals surface area contributed by atoms with Gasteiger partial charge in [-0.1, -0.05) is 55.2 Å². The molecule has 0 radical (unpaired) electrons. The summed E-state index contributed by atoms with van der Waals surface area (Å²) in [5, 5.41) is 1.20. The highest BCUT2D eigenvalue weighted by Gasteiger charge is 2.40. The summed E-state index contributed by atoms with van der Waals surface area (Å²) in [6, 6.07) is 13.7. The maximum Gasteiger partial charge on any atom is 0.272 e. The van der Waals surface area contributed by atoms with Gasteiger partial charge in [0.15, 0.2) is 0 Å². The van der Waals surface area contributed by atoms with E-state index in [1.165, 1.54) is 16.7 Å². The third kappa shape index (κ3) is 3.61. The van der Waals surface area contributed by atoms with Crippen LogP contribution >= 0.6 is 35.0 Å². The topological polar surface area (TPSA) is 37.4 Å². The van der Waals surface area contributed by atoms with Crippen LogP contribution in [0.4, 0.5) is 5.69 Å². The van der Waals surface area contributed by atoms with E-state index in [1.807, 2.05) is 13.8 Å². The summed E-state index contributed by atoms with van der Waals surface area (Å²) in [6.07, 6.45) is 0. The minimum atomic E-state index is -0.349. The summed E-state index contributed by atoms with van der Waals surface area (Å²) in [4.78, 5) is 27.7. The molecule has 0 saturated heterocycles. The van der Waals surface area contributed by atoms with Crippen molar-refractivity contribution in [3.05, 3.63) is 69.0 Å². The predicted molar refractivity (Wildman–Crippen MR) is 105 cm³/mol. The maximum atomic E-state index is 13.1. The largest absolute Gasteiger partial charge is 0.272 e. The molecular formula is C19H15Cl2NO2S. The lowest BCUT2D eigenvalue weighted by molar-refractivity contribution is -0.119. The highest BCUT2D eigenvalue weighted by Crippen LogP contribution is 2.40. The number of thioether (sulfide) groups is 1. The Balaban J connectivity index is 2.11. The van der Waals surface area contributed by atoms with E-state index in [0.29, 0.717) is 31.8 Å². The van der Waals surface area contributed by atoms with Gasteiger partial charge in [-0.25, -0.2) is 4.90 Å². The standard InChI is InChI=1S/C19H15Cl2NO2S/c1-11(2)25-17-16(12-6-8-13(20)9-7-12)18(23)22(19(17)24)15-5-3-4-14(21)10-15/h3-11H,1-2H3. The molecule has 128 valence electrons. The smallest absolute Gasteiger partial charge is 0.268 e. The Morgan fingerprint density at radius 2 is 1.60 bits per heavy atom. The molecule has 2 aromatic carbocycles. The van der Waals surface area contributed by atoms with E-state index in [9.17, 15) is 9.59 Å². The molecule has 0 atom stereocenters. The molecule has 0 fully saturated rings. The number of amides is 2. The third-order valence-corrected chi connectivity index (χ3v) is 5.17. The third-order valence-electron chi connectivity index (χ3n) is 3.59. The molecule has 3 nitrogen and oxygen atoms in total. The molecule has 0 unspecified atom stereocenters. The second kappa shape index (κ2) is 7.24. The molecule has 0 N–H and O–H groups in total. The number of hydrogen-bond acceptors (Lipinski definition) is 3. The predicted octanol–water partition coefficient (Wildman–Crippen LogP) is 5.42. The second-order valence-corrected chi connectivity index (χ2v) is 8.26. The van der Waals surface area contributed by atoms with E-state index in [1.54, 1.807) is 48.5 Å². The van der Waals surface area contributed by atoms with Crippen LogP contribution in [0.25, 0.3) is 5.57 Å². The van der Waals surface area contributed by atoms with E-state index < -0.39 is 0 Å². The Kier molecular flexibility index (Phi) is 5.23. The number of imide groups is 1. The molecule has 1 aliphatic heterocycles. The highest BCUT2D eigenvalue weighted by molar-refractivity contribution is 8.04. The first-order valence-corrected chi connectivity index (χ1v) is 9.33. The van der Waals surface area contributed by atoms with Crippen molar-refractivity contribution in [1.29, 1.82) is 0 Å². The van der Waals surface area contributed by atoms with Gasteiger partial charge in [-0.15, -0.1) is 11.8 Å². The van der Waals surface area contributed by atoms with E-state index >= 15 is 0 Å². The van der Waals surface area contributed by atoms with Gasteiger partial charge in [-0.3, -0.25) is 9.59 Å². The van der Waals surface area contributed by atoms with Crippen LogP contribution < -0.4 is 4.90 Å². The van der Waals surface area contributed by atoms with Crippen LogP contribution in [0.3, 0.4) is 0 Å². The van der Waals surface area contributed by atoms with Gasteiger partial charge in [0, 0.05) is 15.3 Å². The number of carbonyl (C=O) groups is 2. The quantitative estimate of drug-likeness (QED) is 0.652. The fourth-order valence-electron chi connectivity index (χ4n) is 2.58. The van der Waals surface area contributed by atoms with Crippen molar-refractivity contribution in [2.75, 3.05) is 4.90 Å². The lowest BCUT2D eigenvalue weighted by Crippen LogP contribution is -2.31. The zero-order valence-corrected chi connectivity index (χ0v) is 16.0. The van der Waals surface area contributed by atoms with Crippen molar-refractivity contribution in [3.63, 3.8) is 0 Å². The monoisotopic (exact) mass is 391 g/mol. The lowest BCUT2D eigenvalue weighted by atomic mass is 10.1. The SMILES string of the molecule is CC(C)SC1=C(c2ccc(Cl)cc2)C(=O)N(c2cccc(Cl)c2)C1=O. The average molecular weight is 392 g/mol. The Morgan fingerprint density at radius 3 is 2.20 bits per heavy atom. The van der Waals surface area contributed by atoms with Crippen LogP contribution in [0.5, 0.6) is 0 Å². The number of carbonyl (C=O) groups excluding carboxylic acids is 2. The van der Waals surface area contributed by atoms with Gasteiger partial charge in [0.05, 0.1) is 16.2 Å². The zero-order valence-electron chi connectivity index (χ0n) is 13.6. The van der Waals surface area contributed by atoms with Crippen molar-refractivity contribution in [2.45, 2.75) is 19.1 Å². The number of benzene rings is 2. The molecule has 3 rings (SSSR count). The summed E-state index contributed by atoms with van der Waals surface area (Å²) in [7, 11) is 0. The Labute approximate surface area is 160 Å². The molecule has 25 heavy (non-hydrogen) atoms. The van der Waals surface area contributed by atoms with Gasteiger partial charge in [0.25, 0.3) is 11.8 Å². The summed E-state index contributed by atoms with van der Waals surface area (Å²) in [5.74, 6) is -0.673. The number of anilines is 1. The molecule has 1 aliphatic rings. The van der Waals surface area contributed by atoms with Gasteiger partial charge < -0.3 is 0 Å². The Morgan fingerprint density at radius 1 is 0.920 bits per heavy atom. The molecule has 0 saturated carbocycles. The van der Waals surface area contributed by atoms with Crippen molar-refractivity contribution in [1.82, 2.24) is 0 Å². The van der Waals surface area contributed by atoms with Crippen LogP contribution in [-0.2, 0) is 9.59 Å². The Hall–Kier alpha value is -1.75. The van der Waals surface area contributed by atoms with Gasteiger partial charge in [-0.05, 0) is 35.9 Å². The average Bonchev–Trinajstić information content (AvgIpc) is 2.78. The molecule has 0 aliphatic carbocycles. The minimum absolute atomic E-state index is 0.161. The first kappa shape index (κ1) is 18.1. The zero-order chi connectivity index (χ0) is 18.1. The summed E-state index contributed by atoms with van der Waals surface area (Å²) in [6.45, 7) is 3.97. The van der Waals surface area contributed by atoms with Crippen LogP contribution in [0, 0.1) is 0 Å². The number of rotatable bonds is 4. The molecule has 0 spiro atoms. The van der Waals surface area contributed by atoms with Crippen LogP contribution in [0.2, 0.25) is 10.0 Å². The lowest BCUT2D eigenvalue weighted by Gasteiger charge is -2.15. The fraction of sp³-hybridized carbons (Fsp3) is 0.158. The molecule has 0 aromatic heterocycles. The van der Waals surface area contributed by atoms with E-state index in [2.05, 4.69) is 0 Å². The number of hydrogen-bond donors (Lipinski definition) is 0. The van der Waals surface area contributed by atoms with Crippen LogP contribution in [0.15, 0.2) is 53.4 Å². The van der Waals surface area contributed by atoms with Gasteiger partial charge in [0.2, 0.25) is 0 Å². The summed E-state index contributed by atoms with van der Waals surface area (Å²) < 4.78 is 0. The first-order chi connectivity index (χ1) is 11.9. The summed E-state index contributed by atoms with van der Waals surface area (Å²) >= 11 is 13.4. The maximum absolute atomic E-state index is 13.1. The summed E-state index contributed by atoms with van der Waals surface area (Å²) in [5.41, 5.74) is 1.55. The van der Waals surface area contributed by atoms with Crippen molar-refractivity contribution in [3.8, 4) is 0 Å². The van der Waals surface area contributed by atoms with Crippen molar-refractivity contribution < 1.29 is 9.59 Å². The van der Waals surface area contributed by atoms with Crippen molar-refractivity contribution in [2.24, 2.45) is 0 Å². The normalized spacial score (nSPS) is 14.8. The molecule has 2 amide bonds. The molecule has 1 heterocycles. The first-order valence-electron chi connectivity index (χ1n) is 7.69. The Bertz CT molecular complexity index is 875. The molecule has 2 aromatic rings. The van der Waals surface area contributed by atoms with Crippen LogP contribution in [0.1, 0.15) is 19.4 Å². The second-order valence-electron chi connectivity index (χ2n) is 5.80. The van der Waals surface area contributed by atoms with Crippen LogP contribution in [-0.4, -0.2) is 17.1 Å². The van der Waals surface area contributed by atoms with E-state index in [-0.39, 0.29) is 17.1 Å². The molecule has 6 heteroatoms. The molecule has 0 bridgehead atoms. The van der Waals surface area contributed by atoms with Gasteiger partial charge in [0.1, 0.15) is 0 Å². The molecular weight excluding hydrogens is 377 g/mol. The highest BCUT2D eigenvalue weighted by atomic mass is 35.5. The van der Waals surface area contributed by atoms with E-state index in [0.717, 1.165) is 0 Å². The van der Waals surface area contributed by atoms with Gasteiger partial charge >= 0.3 is 0 Å². The number of halogens is 2. The number of nitrogens with zero attached hydrogens (tertiary/aromatic N) is 1. The van der Waals surface area contributed by atoms with Crippen molar-refractivity contribution >= 4 is 58.0 Å². The minimum Gasteiger partial charge on any atom is -0.268 e.